The first-order chi connectivity index (χ1) is 9.86. The van der Waals surface area contributed by atoms with Crippen LogP contribution in [0.1, 0.15) is 17.5 Å². The van der Waals surface area contributed by atoms with E-state index in [9.17, 15) is 4.79 Å². The molecule has 21 heavy (non-hydrogen) atoms. The second kappa shape index (κ2) is 7.95. The van der Waals surface area contributed by atoms with Gasteiger partial charge >= 0.3 is 0 Å². The van der Waals surface area contributed by atoms with Crippen molar-refractivity contribution in [2.45, 2.75) is 13.3 Å². The number of nitrogens with two attached hydrogens (primary N) is 1. The van der Waals surface area contributed by atoms with E-state index in [4.69, 9.17) is 22.4 Å². The van der Waals surface area contributed by atoms with Crippen molar-refractivity contribution in [3.8, 4) is 0 Å². The highest BCUT2D eigenvalue weighted by Gasteiger charge is 2.14. The summed E-state index contributed by atoms with van der Waals surface area (Å²) < 4.78 is 0. The first kappa shape index (κ1) is 17.4. The maximum Gasteiger partial charge on any atom is 0.252 e. The van der Waals surface area contributed by atoms with Gasteiger partial charge in [-0.1, -0.05) is 30.3 Å². The van der Waals surface area contributed by atoms with Crippen molar-refractivity contribution in [3.05, 3.63) is 46.7 Å². The number of carbonyl (C=O) groups excluding carboxylic acids is 1. The van der Waals surface area contributed by atoms with Crippen molar-refractivity contribution < 1.29 is 9.90 Å². The Labute approximate surface area is 134 Å². The molecule has 0 aromatic heterocycles. The van der Waals surface area contributed by atoms with E-state index in [0.29, 0.717) is 10.6 Å². The van der Waals surface area contributed by atoms with Crippen LogP contribution in [0.4, 0.5) is 0 Å². The number of aryl methyl sites for hydroxylation is 1. The first-order valence-corrected chi connectivity index (χ1v) is 7.25. The summed E-state index contributed by atoms with van der Waals surface area (Å²) in [6.07, 6.45) is 0.206. The third kappa shape index (κ3) is 4.99. The van der Waals surface area contributed by atoms with Crippen molar-refractivity contribution in [3.63, 3.8) is 0 Å². The SMILES string of the molecule is C=C(O)CCN(/N=C(\N)c1c(C)cccc1Cl)C(=O)CS. The molecule has 0 aliphatic rings. The Morgan fingerprint density at radius 2 is 2.24 bits per heavy atom. The Hall–Kier alpha value is -1.66. The number of rotatable bonds is 6. The Morgan fingerprint density at radius 1 is 1.57 bits per heavy atom. The molecular formula is C14H18ClN3O2S. The van der Waals surface area contributed by atoms with Crippen LogP contribution in [0.2, 0.25) is 5.02 Å². The van der Waals surface area contributed by atoms with Gasteiger partial charge in [-0.15, -0.1) is 0 Å². The smallest absolute Gasteiger partial charge is 0.252 e. The molecule has 0 saturated heterocycles. The molecule has 7 heteroatoms. The predicted molar refractivity (Wildman–Crippen MR) is 88.9 cm³/mol. The van der Waals surface area contributed by atoms with Crippen LogP contribution in [0.5, 0.6) is 0 Å². The van der Waals surface area contributed by atoms with Crippen LogP contribution in [0, 0.1) is 6.92 Å². The van der Waals surface area contributed by atoms with Gasteiger partial charge in [-0.25, -0.2) is 5.01 Å². The molecule has 0 bridgehead atoms. The van der Waals surface area contributed by atoms with Gasteiger partial charge in [0.1, 0.15) is 0 Å². The minimum absolute atomic E-state index is 0.0177. The number of amidine groups is 1. The van der Waals surface area contributed by atoms with Crippen LogP contribution in [0.15, 0.2) is 35.6 Å². The molecule has 0 atom stereocenters. The Balaban J connectivity index is 3.08. The van der Waals surface area contributed by atoms with E-state index in [2.05, 4.69) is 24.3 Å². The Morgan fingerprint density at radius 3 is 2.76 bits per heavy atom. The molecule has 1 aromatic carbocycles. The molecule has 0 fully saturated rings. The second-order valence-corrected chi connectivity index (χ2v) is 5.13. The number of aliphatic hydroxyl groups excluding tert-OH is 1. The van der Waals surface area contributed by atoms with Gasteiger partial charge in [0.2, 0.25) is 0 Å². The molecule has 0 aliphatic heterocycles. The zero-order chi connectivity index (χ0) is 16.0. The molecule has 0 radical (unpaired) electrons. The van der Waals surface area contributed by atoms with Gasteiger partial charge in [-0.05, 0) is 18.6 Å². The second-order valence-electron chi connectivity index (χ2n) is 4.41. The number of aliphatic hydroxyl groups is 1. The quantitative estimate of drug-likeness (QED) is 0.247. The zero-order valence-corrected chi connectivity index (χ0v) is 13.4. The van der Waals surface area contributed by atoms with Crippen molar-refractivity contribution in [1.82, 2.24) is 5.01 Å². The van der Waals surface area contributed by atoms with Crippen molar-refractivity contribution in [2.24, 2.45) is 10.8 Å². The van der Waals surface area contributed by atoms with Crippen LogP contribution in [-0.4, -0.2) is 34.2 Å². The van der Waals surface area contributed by atoms with Crippen LogP contribution in [0.25, 0.3) is 0 Å². The highest BCUT2D eigenvalue weighted by atomic mass is 35.5. The van der Waals surface area contributed by atoms with E-state index < -0.39 is 0 Å². The minimum atomic E-state index is -0.327. The van der Waals surface area contributed by atoms with Gasteiger partial charge in [0, 0.05) is 12.0 Å². The fraction of sp³-hybridized carbons (Fsp3) is 0.286. The average Bonchev–Trinajstić information content (AvgIpc) is 2.42. The predicted octanol–water partition coefficient (Wildman–Crippen LogP) is 2.49. The van der Waals surface area contributed by atoms with Crippen molar-refractivity contribution >= 4 is 36.0 Å². The zero-order valence-electron chi connectivity index (χ0n) is 11.7. The van der Waals surface area contributed by atoms with Crippen molar-refractivity contribution in [1.29, 1.82) is 0 Å². The van der Waals surface area contributed by atoms with Crippen LogP contribution < -0.4 is 5.73 Å². The molecular weight excluding hydrogens is 310 g/mol. The molecule has 0 unspecified atom stereocenters. The Kier molecular flexibility index (Phi) is 6.58. The van der Waals surface area contributed by atoms with Crippen LogP contribution >= 0.6 is 24.2 Å². The molecule has 1 rings (SSSR count). The summed E-state index contributed by atoms with van der Waals surface area (Å²) in [6.45, 7) is 5.39. The fourth-order valence-corrected chi connectivity index (χ4v) is 2.17. The van der Waals surface area contributed by atoms with Gasteiger partial charge in [-0.2, -0.15) is 17.7 Å². The normalized spacial score (nSPS) is 11.3. The molecule has 0 heterocycles. The lowest BCUT2D eigenvalue weighted by Crippen LogP contribution is -2.32. The molecule has 1 aromatic rings. The van der Waals surface area contributed by atoms with E-state index in [0.717, 1.165) is 10.6 Å². The lowest BCUT2D eigenvalue weighted by atomic mass is 10.1. The number of amides is 1. The molecule has 3 N–H and O–H groups in total. The highest BCUT2D eigenvalue weighted by molar-refractivity contribution is 7.81. The number of hydrogen-bond donors (Lipinski definition) is 3. The van der Waals surface area contributed by atoms with Gasteiger partial charge in [0.05, 0.1) is 23.1 Å². The Bertz CT molecular complexity index is 555. The van der Waals surface area contributed by atoms with Gasteiger partial charge < -0.3 is 10.8 Å². The van der Waals surface area contributed by atoms with Gasteiger partial charge in [0.15, 0.2) is 5.84 Å². The molecule has 1 amide bonds. The fourth-order valence-electron chi connectivity index (χ4n) is 1.68. The molecule has 5 nitrogen and oxygen atoms in total. The third-order valence-corrected chi connectivity index (χ3v) is 3.33. The number of hydrazone groups is 1. The average molecular weight is 328 g/mol. The van der Waals surface area contributed by atoms with E-state index in [1.807, 2.05) is 13.0 Å². The van der Waals surface area contributed by atoms with E-state index in [-0.39, 0.29) is 36.2 Å². The topological polar surface area (TPSA) is 78.9 Å². The summed E-state index contributed by atoms with van der Waals surface area (Å²) in [5, 5.41) is 14.9. The first-order valence-electron chi connectivity index (χ1n) is 6.24. The largest absolute Gasteiger partial charge is 0.513 e. The van der Waals surface area contributed by atoms with Gasteiger partial charge in [0.25, 0.3) is 5.91 Å². The van der Waals surface area contributed by atoms with Crippen LogP contribution in [-0.2, 0) is 4.79 Å². The number of halogens is 1. The highest BCUT2D eigenvalue weighted by Crippen LogP contribution is 2.19. The van der Waals surface area contributed by atoms with E-state index >= 15 is 0 Å². The van der Waals surface area contributed by atoms with E-state index in [1.165, 1.54) is 0 Å². The summed E-state index contributed by atoms with van der Waals surface area (Å²) in [6, 6.07) is 5.36. The van der Waals surface area contributed by atoms with Gasteiger partial charge in [-0.3, -0.25) is 4.79 Å². The number of carbonyl (C=O) groups is 1. The molecule has 0 saturated carbocycles. The van der Waals surface area contributed by atoms with Crippen molar-refractivity contribution in [2.75, 3.05) is 12.3 Å². The molecule has 0 spiro atoms. The van der Waals surface area contributed by atoms with E-state index in [1.54, 1.807) is 12.1 Å². The standard InChI is InChI=1S/C14H18ClN3O2S/c1-9-4-3-5-11(15)13(9)14(16)17-18(12(20)8-21)7-6-10(2)19/h3-5,19,21H,2,6-8H2,1H3,(H2,16,17). The lowest BCUT2D eigenvalue weighted by Gasteiger charge is -2.18. The summed E-state index contributed by atoms with van der Waals surface area (Å²) in [5.41, 5.74) is 7.40. The summed E-state index contributed by atoms with van der Waals surface area (Å²) in [5.74, 6) is -0.241. The molecule has 0 aliphatic carbocycles. The summed E-state index contributed by atoms with van der Waals surface area (Å²) >= 11 is 10.1. The number of nitrogens with zero attached hydrogens (tertiary/aromatic N) is 2. The monoisotopic (exact) mass is 327 g/mol. The minimum Gasteiger partial charge on any atom is -0.513 e. The summed E-state index contributed by atoms with van der Waals surface area (Å²) in [7, 11) is 0. The maximum absolute atomic E-state index is 11.8. The summed E-state index contributed by atoms with van der Waals surface area (Å²) in [4.78, 5) is 11.8. The number of benzene rings is 1. The lowest BCUT2D eigenvalue weighted by molar-refractivity contribution is -0.128. The third-order valence-electron chi connectivity index (χ3n) is 2.74. The van der Waals surface area contributed by atoms with Crippen LogP contribution in [0.3, 0.4) is 0 Å². The number of hydrogen-bond acceptors (Lipinski definition) is 4. The number of thiol groups is 1. The maximum atomic E-state index is 11.8. The molecule has 114 valence electrons.